The van der Waals surface area contributed by atoms with Crippen LogP contribution < -0.4 is 0 Å². The van der Waals surface area contributed by atoms with E-state index in [4.69, 9.17) is 16.3 Å². The average Bonchev–Trinajstić information content (AvgIpc) is 2.35. The van der Waals surface area contributed by atoms with Crippen LogP contribution in [0.5, 0.6) is 0 Å². The van der Waals surface area contributed by atoms with Gasteiger partial charge in [-0.3, -0.25) is 9.79 Å². The van der Waals surface area contributed by atoms with E-state index in [2.05, 4.69) is 4.99 Å². The largest absolute Gasteiger partial charge is 0.473 e. The summed E-state index contributed by atoms with van der Waals surface area (Å²) in [6.07, 6.45) is 3.39. The Morgan fingerprint density at radius 1 is 1.56 bits per heavy atom. The molecule has 0 N–H and O–H groups in total. The number of carbonyl (C=O) groups excluding carboxylic acids is 1. The lowest BCUT2D eigenvalue weighted by atomic mass is 10.1. The van der Waals surface area contributed by atoms with Gasteiger partial charge in [0, 0.05) is 18.2 Å². The minimum atomic E-state index is -0.714. The summed E-state index contributed by atoms with van der Waals surface area (Å²) in [5.41, 5.74) is 0.232. The molecule has 5 heteroatoms. The number of allylic oxidation sites excluding steroid dienone is 1. The van der Waals surface area contributed by atoms with Crippen LogP contribution in [0.3, 0.4) is 0 Å². The predicted octanol–water partition coefficient (Wildman–Crippen LogP) is 3.33. The summed E-state index contributed by atoms with van der Waals surface area (Å²) < 4.78 is 18.9. The van der Waals surface area contributed by atoms with Crippen LogP contribution in [0.4, 0.5) is 4.39 Å². The molecule has 18 heavy (non-hydrogen) atoms. The highest BCUT2D eigenvalue weighted by molar-refractivity contribution is 6.67. The summed E-state index contributed by atoms with van der Waals surface area (Å²) >= 11 is 5.39. The van der Waals surface area contributed by atoms with Gasteiger partial charge in [-0.2, -0.15) is 0 Å². The van der Waals surface area contributed by atoms with E-state index in [1.165, 1.54) is 18.2 Å². The maximum Gasteiger partial charge on any atom is 0.252 e. The number of rotatable bonds is 4. The molecular weight excluding hydrogens is 257 g/mol. The zero-order chi connectivity index (χ0) is 13.5. The first-order valence-corrected chi connectivity index (χ1v) is 5.67. The molecule has 0 bridgehead atoms. The van der Waals surface area contributed by atoms with Crippen LogP contribution >= 0.6 is 11.6 Å². The lowest BCUT2D eigenvalue weighted by molar-refractivity contribution is 0.107. The Morgan fingerprint density at radius 2 is 2.28 bits per heavy atom. The molecule has 0 aliphatic heterocycles. The van der Waals surface area contributed by atoms with Crippen molar-refractivity contribution in [1.29, 1.82) is 0 Å². The molecule has 1 rings (SSSR count). The van der Waals surface area contributed by atoms with E-state index in [-0.39, 0.29) is 17.7 Å². The van der Waals surface area contributed by atoms with Crippen molar-refractivity contribution in [2.24, 2.45) is 4.99 Å². The first-order chi connectivity index (χ1) is 8.60. The number of halogens is 2. The highest BCUT2D eigenvalue weighted by atomic mass is 35.5. The predicted molar refractivity (Wildman–Crippen MR) is 69.5 cm³/mol. The average molecular weight is 270 g/mol. The summed E-state index contributed by atoms with van der Waals surface area (Å²) in [4.78, 5) is 15.0. The Bertz CT molecular complexity index is 498. The van der Waals surface area contributed by atoms with E-state index >= 15 is 0 Å². The van der Waals surface area contributed by atoms with Crippen LogP contribution in [-0.2, 0) is 11.3 Å². The van der Waals surface area contributed by atoms with Gasteiger partial charge >= 0.3 is 0 Å². The molecule has 0 aliphatic rings. The van der Waals surface area contributed by atoms with Crippen LogP contribution in [0.15, 0.2) is 35.3 Å². The molecule has 0 aliphatic carbocycles. The smallest absolute Gasteiger partial charge is 0.252 e. The SMILES string of the molecule is C/C=C\C(=N/C)OCc1c(F)cccc1C(=O)Cl. The second-order valence-electron chi connectivity index (χ2n) is 3.39. The van der Waals surface area contributed by atoms with Crippen LogP contribution in [0.2, 0.25) is 0 Å². The van der Waals surface area contributed by atoms with Crippen molar-refractivity contribution in [2.75, 3.05) is 7.05 Å². The van der Waals surface area contributed by atoms with Crippen molar-refractivity contribution in [3.63, 3.8) is 0 Å². The van der Waals surface area contributed by atoms with E-state index < -0.39 is 11.1 Å². The second kappa shape index (κ2) is 6.91. The molecule has 1 aromatic carbocycles. The summed E-state index contributed by atoms with van der Waals surface area (Å²) in [5.74, 6) is -0.175. The van der Waals surface area contributed by atoms with Crippen molar-refractivity contribution in [2.45, 2.75) is 13.5 Å². The van der Waals surface area contributed by atoms with Gasteiger partial charge in [0.25, 0.3) is 5.24 Å². The summed E-state index contributed by atoms with van der Waals surface area (Å²) in [6.45, 7) is 1.71. The minimum absolute atomic E-state index is 0.0997. The Balaban J connectivity index is 2.94. The molecule has 1 aromatic rings. The molecule has 0 heterocycles. The number of hydrogen-bond donors (Lipinski definition) is 0. The Labute approximate surface area is 110 Å². The molecule has 0 saturated carbocycles. The fraction of sp³-hybridized carbons (Fsp3) is 0.231. The molecule has 96 valence electrons. The Hall–Kier alpha value is -1.68. The third-order valence-electron chi connectivity index (χ3n) is 2.22. The highest BCUT2D eigenvalue weighted by Gasteiger charge is 2.14. The molecule has 0 unspecified atom stereocenters. The van der Waals surface area contributed by atoms with Crippen LogP contribution in [0.1, 0.15) is 22.8 Å². The van der Waals surface area contributed by atoms with Gasteiger partial charge in [-0.15, -0.1) is 0 Å². The maximum absolute atomic E-state index is 13.6. The molecular formula is C13H13ClFNO2. The topological polar surface area (TPSA) is 38.7 Å². The monoisotopic (exact) mass is 269 g/mol. The van der Waals surface area contributed by atoms with Crippen molar-refractivity contribution in [3.8, 4) is 0 Å². The fourth-order valence-corrected chi connectivity index (χ4v) is 1.54. The summed E-state index contributed by atoms with van der Waals surface area (Å²) in [7, 11) is 1.56. The van der Waals surface area contributed by atoms with Gasteiger partial charge in [0.1, 0.15) is 12.4 Å². The van der Waals surface area contributed by atoms with Crippen LogP contribution in [-0.4, -0.2) is 18.2 Å². The number of carbonyl (C=O) groups is 1. The number of benzene rings is 1. The van der Waals surface area contributed by atoms with Crippen molar-refractivity contribution in [1.82, 2.24) is 0 Å². The second-order valence-corrected chi connectivity index (χ2v) is 3.73. The molecule has 0 spiro atoms. The quantitative estimate of drug-likeness (QED) is 0.478. The van der Waals surface area contributed by atoms with Crippen LogP contribution in [0.25, 0.3) is 0 Å². The summed E-state index contributed by atoms with van der Waals surface area (Å²) in [5, 5.41) is -0.714. The maximum atomic E-state index is 13.6. The van der Waals surface area contributed by atoms with E-state index in [1.54, 1.807) is 19.2 Å². The van der Waals surface area contributed by atoms with Gasteiger partial charge in [-0.05, 0) is 36.7 Å². The lowest BCUT2D eigenvalue weighted by Crippen LogP contribution is -2.07. The van der Waals surface area contributed by atoms with E-state index in [1.807, 2.05) is 6.92 Å². The highest BCUT2D eigenvalue weighted by Crippen LogP contribution is 2.17. The molecule has 3 nitrogen and oxygen atoms in total. The van der Waals surface area contributed by atoms with Gasteiger partial charge in [0.15, 0.2) is 0 Å². The zero-order valence-electron chi connectivity index (χ0n) is 10.1. The molecule has 0 aromatic heterocycles. The van der Waals surface area contributed by atoms with Gasteiger partial charge in [0.05, 0.1) is 0 Å². The van der Waals surface area contributed by atoms with Crippen molar-refractivity contribution < 1.29 is 13.9 Å². The normalized spacial score (nSPS) is 11.9. The third kappa shape index (κ3) is 3.67. The van der Waals surface area contributed by atoms with Crippen molar-refractivity contribution >= 4 is 22.7 Å². The third-order valence-corrected chi connectivity index (χ3v) is 2.43. The van der Waals surface area contributed by atoms with E-state index in [9.17, 15) is 9.18 Å². The lowest BCUT2D eigenvalue weighted by Gasteiger charge is -2.09. The van der Waals surface area contributed by atoms with Gasteiger partial charge in [-0.1, -0.05) is 12.1 Å². The van der Waals surface area contributed by atoms with Crippen molar-refractivity contribution in [3.05, 3.63) is 47.3 Å². The van der Waals surface area contributed by atoms with Crippen LogP contribution in [0, 0.1) is 5.82 Å². The minimum Gasteiger partial charge on any atom is -0.473 e. The number of ether oxygens (including phenoxy) is 1. The Morgan fingerprint density at radius 3 is 2.83 bits per heavy atom. The molecule has 0 fully saturated rings. The number of hydrogen-bond acceptors (Lipinski definition) is 3. The first-order valence-electron chi connectivity index (χ1n) is 5.29. The van der Waals surface area contributed by atoms with Gasteiger partial charge in [-0.25, -0.2) is 4.39 Å². The first kappa shape index (κ1) is 14.4. The van der Waals surface area contributed by atoms with Gasteiger partial charge in [0.2, 0.25) is 5.90 Å². The molecule has 0 radical (unpaired) electrons. The van der Waals surface area contributed by atoms with E-state index in [0.29, 0.717) is 5.90 Å². The fourth-order valence-electron chi connectivity index (χ4n) is 1.37. The number of aliphatic imine (C=N–C) groups is 1. The molecule has 0 amide bonds. The molecule has 0 atom stereocenters. The van der Waals surface area contributed by atoms with E-state index in [0.717, 1.165) is 0 Å². The molecule has 0 saturated heterocycles. The Kier molecular flexibility index (Phi) is 5.52. The number of nitrogens with zero attached hydrogens (tertiary/aromatic N) is 1. The van der Waals surface area contributed by atoms with Gasteiger partial charge < -0.3 is 4.74 Å². The zero-order valence-corrected chi connectivity index (χ0v) is 10.9. The standard InChI is InChI=1S/C13H13ClFNO2/c1-3-5-12(16-2)18-8-10-9(13(14)17)6-4-7-11(10)15/h3-7H,8H2,1-2H3/b5-3-,16-12+. The summed E-state index contributed by atoms with van der Waals surface area (Å²) in [6, 6.07) is 4.13.